The lowest BCUT2D eigenvalue weighted by Crippen LogP contribution is -2.35. The first-order valence-electron chi connectivity index (χ1n) is 3.91. The molecule has 0 spiro atoms. The fourth-order valence-electron chi connectivity index (χ4n) is 0.993. The molecule has 0 aromatic rings. The van der Waals surface area contributed by atoms with Crippen LogP contribution in [-0.4, -0.2) is 28.1 Å². The molecule has 0 radical (unpaired) electrons. The van der Waals surface area contributed by atoms with Gasteiger partial charge in [-0.25, -0.2) is 0 Å². The predicted octanol–water partition coefficient (Wildman–Crippen LogP) is 2.01. The Morgan fingerprint density at radius 3 is 2.42 bits per heavy atom. The maximum absolute atomic E-state index is 8.92. The minimum absolute atomic E-state index is 0.193. The van der Waals surface area contributed by atoms with Gasteiger partial charge in [0.15, 0.2) is 0 Å². The van der Waals surface area contributed by atoms with Crippen molar-refractivity contribution < 1.29 is 0 Å². The molecular weight excluding hydrogens is 188 g/mol. The maximum atomic E-state index is 8.92. The van der Waals surface area contributed by atoms with Crippen molar-refractivity contribution in [2.45, 2.75) is 24.0 Å². The summed E-state index contributed by atoms with van der Waals surface area (Å²) in [6.45, 7) is 0. The van der Waals surface area contributed by atoms with Crippen molar-refractivity contribution in [2.24, 2.45) is 0 Å². The van der Waals surface area contributed by atoms with E-state index in [4.69, 9.17) is 17.5 Å². The Hall–Kier alpha value is -0.270. The van der Waals surface area contributed by atoms with E-state index < -0.39 is 0 Å². The maximum Gasteiger partial charge on any atom is 0.137 e. The Kier molecular flexibility index (Phi) is 2.97. The van der Waals surface area contributed by atoms with E-state index in [9.17, 15) is 0 Å². The highest BCUT2D eigenvalue weighted by molar-refractivity contribution is 8.23. The van der Waals surface area contributed by atoms with Crippen LogP contribution in [0.5, 0.6) is 0 Å². The Morgan fingerprint density at radius 1 is 1.58 bits per heavy atom. The van der Waals surface area contributed by atoms with E-state index in [1.807, 2.05) is 19.0 Å². The molecule has 1 aliphatic rings. The normalized spacial score (nSPS) is 19.1. The Bertz CT molecular complexity index is 226. The van der Waals surface area contributed by atoms with Crippen molar-refractivity contribution >= 4 is 28.3 Å². The lowest BCUT2D eigenvalue weighted by Gasteiger charge is -2.35. The highest BCUT2D eigenvalue weighted by Crippen LogP contribution is 2.44. The minimum atomic E-state index is -0.193. The average Bonchev–Trinajstić information content (AvgIpc) is 1.96. The van der Waals surface area contributed by atoms with Gasteiger partial charge in [0.05, 0.1) is 6.07 Å². The molecule has 0 atom stereocenters. The standard InChI is InChI=1S/C8H12N2S2/c1-10(2)7(11)12-8(6-9)4-3-5-8/h3-5H2,1-2H3. The molecule has 0 amide bonds. The van der Waals surface area contributed by atoms with Crippen molar-refractivity contribution in [3.63, 3.8) is 0 Å². The predicted molar refractivity (Wildman–Crippen MR) is 56.1 cm³/mol. The second kappa shape index (κ2) is 3.63. The third-order valence-corrected chi connectivity index (χ3v) is 4.06. The lowest BCUT2D eigenvalue weighted by atomic mass is 9.86. The molecule has 1 fully saturated rings. The second-order valence-corrected chi connectivity index (χ2v) is 5.24. The first-order chi connectivity index (χ1) is 5.59. The van der Waals surface area contributed by atoms with Gasteiger partial charge in [0, 0.05) is 14.1 Å². The summed E-state index contributed by atoms with van der Waals surface area (Å²) in [5.41, 5.74) is 0. The van der Waals surface area contributed by atoms with Crippen LogP contribution in [0, 0.1) is 11.3 Å². The molecule has 0 aliphatic heterocycles. The quantitative estimate of drug-likeness (QED) is 0.605. The zero-order valence-electron chi connectivity index (χ0n) is 7.33. The van der Waals surface area contributed by atoms with Crippen LogP contribution >= 0.6 is 24.0 Å². The molecule has 0 heterocycles. The van der Waals surface area contributed by atoms with Gasteiger partial charge in [-0.1, -0.05) is 24.0 Å². The fourth-order valence-corrected chi connectivity index (χ4v) is 2.53. The molecular formula is C8H12N2S2. The molecule has 2 nitrogen and oxygen atoms in total. The number of hydrogen-bond acceptors (Lipinski definition) is 3. The third-order valence-electron chi connectivity index (χ3n) is 2.01. The molecule has 0 bridgehead atoms. The van der Waals surface area contributed by atoms with E-state index in [0.717, 1.165) is 23.6 Å². The molecule has 1 aliphatic carbocycles. The summed E-state index contributed by atoms with van der Waals surface area (Å²) < 4.78 is 0.623. The Balaban J connectivity index is 2.50. The molecule has 12 heavy (non-hydrogen) atoms. The van der Waals surface area contributed by atoms with Crippen LogP contribution in [0.25, 0.3) is 0 Å². The molecule has 4 heteroatoms. The van der Waals surface area contributed by atoms with Gasteiger partial charge in [0.1, 0.15) is 9.07 Å². The molecule has 1 saturated carbocycles. The van der Waals surface area contributed by atoms with E-state index in [1.54, 1.807) is 0 Å². The highest BCUT2D eigenvalue weighted by Gasteiger charge is 2.39. The number of thiocarbonyl (C=S) groups is 1. The molecule has 0 N–H and O–H groups in total. The number of rotatable bonds is 1. The van der Waals surface area contributed by atoms with Crippen molar-refractivity contribution in [3.8, 4) is 6.07 Å². The number of hydrogen-bond donors (Lipinski definition) is 0. The second-order valence-electron chi connectivity index (χ2n) is 3.22. The fraction of sp³-hybridized carbons (Fsp3) is 0.750. The first kappa shape index (κ1) is 9.82. The van der Waals surface area contributed by atoms with Gasteiger partial charge in [-0.3, -0.25) is 0 Å². The number of nitriles is 1. The van der Waals surface area contributed by atoms with Crippen molar-refractivity contribution in [1.82, 2.24) is 4.90 Å². The van der Waals surface area contributed by atoms with Crippen molar-refractivity contribution in [1.29, 1.82) is 5.26 Å². The van der Waals surface area contributed by atoms with Gasteiger partial charge in [-0.05, 0) is 19.3 Å². The summed E-state index contributed by atoms with van der Waals surface area (Å²) in [5.74, 6) is 0. The Morgan fingerprint density at radius 2 is 2.17 bits per heavy atom. The summed E-state index contributed by atoms with van der Waals surface area (Å²) in [5, 5.41) is 8.92. The van der Waals surface area contributed by atoms with Crippen molar-refractivity contribution in [3.05, 3.63) is 0 Å². The third kappa shape index (κ3) is 1.90. The summed E-state index contributed by atoms with van der Waals surface area (Å²) in [7, 11) is 3.83. The van der Waals surface area contributed by atoms with Gasteiger partial charge in [0.2, 0.25) is 0 Å². The molecule has 0 saturated heterocycles. The van der Waals surface area contributed by atoms with Crippen LogP contribution in [0.4, 0.5) is 0 Å². The molecule has 0 aromatic heterocycles. The summed E-state index contributed by atoms with van der Waals surface area (Å²) in [6.07, 6.45) is 3.14. The molecule has 66 valence electrons. The molecule has 0 aromatic carbocycles. The van der Waals surface area contributed by atoms with E-state index in [2.05, 4.69) is 6.07 Å². The number of thioether (sulfide) groups is 1. The van der Waals surface area contributed by atoms with Crippen LogP contribution in [0.1, 0.15) is 19.3 Å². The summed E-state index contributed by atoms with van der Waals surface area (Å²) >= 11 is 6.67. The van der Waals surface area contributed by atoms with Gasteiger partial charge < -0.3 is 4.90 Å². The monoisotopic (exact) mass is 200 g/mol. The average molecular weight is 200 g/mol. The zero-order valence-corrected chi connectivity index (χ0v) is 8.97. The SMILES string of the molecule is CN(C)C(=S)SC1(C#N)CCC1. The molecule has 1 rings (SSSR count). The van der Waals surface area contributed by atoms with E-state index >= 15 is 0 Å². The van der Waals surface area contributed by atoms with Gasteiger partial charge in [-0.2, -0.15) is 5.26 Å². The summed E-state index contributed by atoms with van der Waals surface area (Å²) in [6, 6.07) is 2.35. The van der Waals surface area contributed by atoms with Crippen LogP contribution < -0.4 is 0 Å². The largest absolute Gasteiger partial charge is 0.364 e. The first-order valence-corrected chi connectivity index (χ1v) is 5.14. The topological polar surface area (TPSA) is 27.0 Å². The molecule has 0 unspecified atom stereocenters. The van der Waals surface area contributed by atoms with Crippen LogP contribution in [0.2, 0.25) is 0 Å². The zero-order chi connectivity index (χ0) is 9.19. The Labute approximate surface area is 82.9 Å². The van der Waals surface area contributed by atoms with Crippen molar-refractivity contribution in [2.75, 3.05) is 14.1 Å². The van der Waals surface area contributed by atoms with E-state index in [-0.39, 0.29) is 4.75 Å². The van der Waals surface area contributed by atoms with E-state index in [1.165, 1.54) is 11.8 Å². The van der Waals surface area contributed by atoms with Gasteiger partial charge >= 0.3 is 0 Å². The number of nitrogens with zero attached hydrogens (tertiary/aromatic N) is 2. The van der Waals surface area contributed by atoms with Crippen LogP contribution in [-0.2, 0) is 0 Å². The summed E-state index contributed by atoms with van der Waals surface area (Å²) in [4.78, 5) is 1.89. The van der Waals surface area contributed by atoms with Crippen LogP contribution in [0.15, 0.2) is 0 Å². The van der Waals surface area contributed by atoms with Crippen LogP contribution in [0.3, 0.4) is 0 Å². The van der Waals surface area contributed by atoms with Gasteiger partial charge in [-0.15, -0.1) is 0 Å². The highest BCUT2D eigenvalue weighted by atomic mass is 32.2. The van der Waals surface area contributed by atoms with E-state index in [0.29, 0.717) is 0 Å². The lowest BCUT2D eigenvalue weighted by molar-refractivity contribution is 0.441. The smallest absolute Gasteiger partial charge is 0.137 e. The minimum Gasteiger partial charge on any atom is -0.364 e. The van der Waals surface area contributed by atoms with Gasteiger partial charge in [0.25, 0.3) is 0 Å².